The summed E-state index contributed by atoms with van der Waals surface area (Å²) in [5, 5.41) is 13.0. The fourth-order valence-corrected chi connectivity index (χ4v) is 2.99. The molecule has 16 heavy (non-hydrogen) atoms. The molecular weight excluding hydrogens is 235 g/mol. The van der Waals surface area contributed by atoms with E-state index in [1.54, 1.807) is 0 Å². The molecule has 1 saturated carbocycles. The van der Waals surface area contributed by atoms with Crippen molar-refractivity contribution >= 4 is 17.6 Å². The predicted molar refractivity (Wildman–Crippen MR) is 54.2 cm³/mol. The van der Waals surface area contributed by atoms with Gasteiger partial charge in [0.25, 0.3) is 0 Å². The molecule has 3 atom stereocenters. The van der Waals surface area contributed by atoms with Crippen LogP contribution in [0.4, 0.5) is 4.39 Å². The van der Waals surface area contributed by atoms with Gasteiger partial charge in [0.05, 0.1) is 0 Å². The molecule has 86 valence electrons. The molecule has 2 aliphatic carbocycles. The molecule has 3 rings (SSSR count). The summed E-state index contributed by atoms with van der Waals surface area (Å²) in [5.41, 5.74) is -0.397. The van der Waals surface area contributed by atoms with Gasteiger partial charge in [0.15, 0.2) is 5.67 Å². The largest absolute Gasteiger partial charge is 0.480 e. The van der Waals surface area contributed by atoms with Crippen LogP contribution in [0.15, 0.2) is 0 Å². The second-order valence-electron chi connectivity index (χ2n) is 4.63. The van der Waals surface area contributed by atoms with Gasteiger partial charge in [0, 0.05) is 11.5 Å². The van der Waals surface area contributed by atoms with E-state index >= 15 is 0 Å². The molecule has 4 nitrogen and oxygen atoms in total. The molecule has 2 aliphatic rings. The first-order valence-corrected chi connectivity index (χ1v) is 5.48. The molecule has 1 heterocycles. The maximum atomic E-state index is 14.3. The third-order valence-corrected chi connectivity index (χ3v) is 3.93. The molecule has 0 radical (unpaired) electrons. The average molecular weight is 245 g/mol. The molecule has 0 bridgehead atoms. The highest BCUT2D eigenvalue weighted by molar-refractivity contribution is 6.30. The number of hydrogen-bond donors (Lipinski definition) is 1. The molecule has 0 amide bonds. The van der Waals surface area contributed by atoms with E-state index in [0.29, 0.717) is 5.69 Å². The van der Waals surface area contributed by atoms with E-state index in [2.05, 4.69) is 5.10 Å². The van der Waals surface area contributed by atoms with Crippen molar-refractivity contribution in [2.45, 2.75) is 31.5 Å². The van der Waals surface area contributed by atoms with Crippen molar-refractivity contribution < 1.29 is 14.3 Å². The maximum Gasteiger partial charge on any atom is 0.325 e. The third kappa shape index (κ3) is 1.09. The number of carboxylic acid groups (broad SMARTS) is 1. The molecule has 6 heteroatoms. The van der Waals surface area contributed by atoms with Crippen LogP contribution in [-0.2, 0) is 17.0 Å². The van der Waals surface area contributed by atoms with Crippen LogP contribution in [-0.4, -0.2) is 20.9 Å². The summed E-state index contributed by atoms with van der Waals surface area (Å²) in [6, 6.07) is 0. The summed E-state index contributed by atoms with van der Waals surface area (Å²) in [4.78, 5) is 10.6. The van der Waals surface area contributed by atoms with Gasteiger partial charge in [-0.3, -0.25) is 4.79 Å². The topological polar surface area (TPSA) is 55.1 Å². The van der Waals surface area contributed by atoms with E-state index in [0.717, 1.165) is 12.0 Å². The summed E-state index contributed by atoms with van der Waals surface area (Å²) in [5.74, 6) is -0.905. The van der Waals surface area contributed by atoms with Gasteiger partial charge in [0.1, 0.15) is 17.4 Å². The molecule has 0 aromatic carbocycles. The van der Waals surface area contributed by atoms with Crippen LogP contribution in [0.3, 0.4) is 0 Å². The lowest BCUT2D eigenvalue weighted by molar-refractivity contribution is -0.137. The molecular formula is C10H10ClFN2O2. The van der Waals surface area contributed by atoms with Gasteiger partial charge in [-0.05, 0) is 19.3 Å². The van der Waals surface area contributed by atoms with Crippen molar-refractivity contribution in [2.75, 3.05) is 0 Å². The van der Waals surface area contributed by atoms with E-state index < -0.39 is 11.6 Å². The average Bonchev–Trinajstić information content (AvgIpc) is 2.84. The number of fused-ring (bicyclic) bond motifs is 3. The summed E-state index contributed by atoms with van der Waals surface area (Å²) < 4.78 is 15.5. The lowest BCUT2D eigenvalue weighted by Gasteiger charge is -2.13. The number of nitrogens with zero attached hydrogens (tertiary/aromatic N) is 2. The van der Waals surface area contributed by atoms with Crippen molar-refractivity contribution in [1.82, 2.24) is 9.78 Å². The Morgan fingerprint density at radius 3 is 3.06 bits per heavy atom. The Balaban J connectivity index is 2.09. The first kappa shape index (κ1) is 10.1. The van der Waals surface area contributed by atoms with Crippen molar-refractivity contribution in [3.05, 3.63) is 16.4 Å². The fraction of sp³-hybridized carbons (Fsp3) is 0.600. The van der Waals surface area contributed by atoms with Crippen molar-refractivity contribution in [3.8, 4) is 0 Å². The normalized spacial score (nSPS) is 34.7. The minimum Gasteiger partial charge on any atom is -0.480 e. The number of aliphatic carboxylic acids is 1. The zero-order valence-electron chi connectivity index (χ0n) is 8.57. The minimum atomic E-state index is -1.45. The Bertz CT molecular complexity index is 497. The maximum absolute atomic E-state index is 14.3. The predicted octanol–water partition coefficient (Wildman–Crippen LogP) is 1.92. The van der Waals surface area contributed by atoms with E-state index in [-0.39, 0.29) is 23.5 Å². The van der Waals surface area contributed by atoms with Gasteiger partial charge >= 0.3 is 5.97 Å². The molecule has 0 saturated heterocycles. The number of aromatic nitrogens is 2. The third-order valence-electron chi connectivity index (χ3n) is 3.53. The number of rotatable bonds is 2. The van der Waals surface area contributed by atoms with Gasteiger partial charge in [0.2, 0.25) is 0 Å². The number of carbonyl (C=O) groups is 1. The molecule has 1 fully saturated rings. The Kier molecular flexibility index (Phi) is 1.74. The van der Waals surface area contributed by atoms with E-state index in [4.69, 9.17) is 16.7 Å². The Hall–Kier alpha value is -1.10. The standard InChI is InChI=1S/C10H10ClFN2O2/c1-10(12)5-2-4(5)7-8(10)13-14(9(7)11)3-6(15)16/h4-5H,2-3H2,1H3,(H,15,16). The number of hydrogen-bond acceptors (Lipinski definition) is 2. The fourth-order valence-electron chi connectivity index (χ4n) is 2.67. The Labute approximate surface area is 96.0 Å². The molecule has 0 aliphatic heterocycles. The SMILES string of the molecule is CC1(F)c2nn(CC(=O)O)c(Cl)c2C2CC21. The van der Waals surface area contributed by atoms with Crippen molar-refractivity contribution in [3.63, 3.8) is 0 Å². The summed E-state index contributed by atoms with van der Waals surface area (Å²) in [6.45, 7) is 1.18. The minimum absolute atomic E-state index is 0.0121. The van der Waals surface area contributed by atoms with Gasteiger partial charge in [-0.15, -0.1) is 0 Å². The summed E-state index contributed by atoms with van der Waals surface area (Å²) in [7, 11) is 0. The summed E-state index contributed by atoms with van der Waals surface area (Å²) >= 11 is 6.03. The van der Waals surface area contributed by atoms with Crippen molar-refractivity contribution in [1.29, 1.82) is 0 Å². The smallest absolute Gasteiger partial charge is 0.325 e. The lowest BCUT2D eigenvalue weighted by Crippen LogP contribution is -2.18. The zero-order valence-corrected chi connectivity index (χ0v) is 9.33. The quantitative estimate of drug-likeness (QED) is 0.865. The number of halogens is 2. The highest BCUT2D eigenvalue weighted by Crippen LogP contribution is 2.67. The van der Waals surface area contributed by atoms with Crippen LogP contribution < -0.4 is 0 Å². The summed E-state index contributed by atoms with van der Waals surface area (Å²) in [6.07, 6.45) is 0.790. The highest BCUT2D eigenvalue weighted by atomic mass is 35.5. The molecule has 3 unspecified atom stereocenters. The van der Waals surface area contributed by atoms with E-state index in [1.165, 1.54) is 11.6 Å². The number of alkyl halides is 1. The zero-order chi connectivity index (χ0) is 11.7. The van der Waals surface area contributed by atoms with Gasteiger partial charge in [-0.2, -0.15) is 5.10 Å². The van der Waals surface area contributed by atoms with Crippen LogP contribution in [0.1, 0.15) is 30.5 Å². The molecule has 1 N–H and O–H groups in total. The number of carboxylic acids is 1. The van der Waals surface area contributed by atoms with Crippen LogP contribution >= 0.6 is 11.6 Å². The first-order chi connectivity index (χ1) is 7.43. The molecule has 1 aromatic rings. The first-order valence-electron chi connectivity index (χ1n) is 5.10. The van der Waals surface area contributed by atoms with Crippen LogP contribution in [0.25, 0.3) is 0 Å². The molecule has 0 spiro atoms. The second kappa shape index (κ2) is 2.77. The lowest BCUT2D eigenvalue weighted by atomic mass is 10.0. The second-order valence-corrected chi connectivity index (χ2v) is 4.99. The van der Waals surface area contributed by atoms with Crippen LogP contribution in [0, 0.1) is 5.92 Å². The highest BCUT2D eigenvalue weighted by Gasteiger charge is 2.62. The van der Waals surface area contributed by atoms with Crippen LogP contribution in [0.5, 0.6) is 0 Å². The Morgan fingerprint density at radius 2 is 2.50 bits per heavy atom. The van der Waals surface area contributed by atoms with Crippen molar-refractivity contribution in [2.24, 2.45) is 5.92 Å². The van der Waals surface area contributed by atoms with Gasteiger partial charge < -0.3 is 5.11 Å². The molecule has 1 aromatic heterocycles. The van der Waals surface area contributed by atoms with E-state index in [9.17, 15) is 9.18 Å². The monoisotopic (exact) mass is 244 g/mol. The van der Waals surface area contributed by atoms with Gasteiger partial charge in [-0.25, -0.2) is 9.07 Å². The van der Waals surface area contributed by atoms with E-state index in [1.807, 2.05) is 0 Å². The Morgan fingerprint density at radius 1 is 1.81 bits per heavy atom. The van der Waals surface area contributed by atoms with Gasteiger partial charge in [-0.1, -0.05) is 11.6 Å². The van der Waals surface area contributed by atoms with Crippen LogP contribution in [0.2, 0.25) is 5.15 Å².